The molecule has 0 spiro atoms. The second kappa shape index (κ2) is 5.12. The van der Waals surface area contributed by atoms with E-state index < -0.39 is 5.41 Å². The van der Waals surface area contributed by atoms with E-state index in [1.807, 2.05) is 36.4 Å². The average molecular weight is 358 g/mol. The predicted octanol–water partition coefficient (Wildman–Crippen LogP) is 3.99. The Morgan fingerprint density at radius 3 is 2.22 bits per heavy atom. The molecule has 1 aromatic carbocycles. The number of hydrogen-bond acceptors (Lipinski definition) is 4. The largest absolute Gasteiger partial charge is 0.325 e. The minimum absolute atomic E-state index is 0.00533. The van der Waals surface area contributed by atoms with Crippen LogP contribution >= 0.6 is 0 Å². The molecule has 2 aliphatic carbocycles. The standard InChI is InChI=1S/C22H22N4O/c1-20(2)21(3)10-11-22(20,19(27)24-14-8-12-23-13-9-14)18-17(21)25-15-6-4-5-7-16(15)26-18/h4-9,12-13H,10-11H2,1-3H3,(H,23,24,27)/t21-,22+/m1/s1. The van der Waals surface area contributed by atoms with Gasteiger partial charge in [-0.15, -0.1) is 0 Å². The molecule has 2 aliphatic rings. The lowest BCUT2D eigenvalue weighted by molar-refractivity contribution is -0.125. The number of pyridine rings is 1. The molecule has 5 nitrogen and oxygen atoms in total. The van der Waals surface area contributed by atoms with Crippen molar-refractivity contribution >= 4 is 22.6 Å². The molecule has 136 valence electrons. The van der Waals surface area contributed by atoms with Crippen LogP contribution in [-0.4, -0.2) is 20.9 Å². The maximum Gasteiger partial charge on any atom is 0.237 e. The number of aromatic nitrogens is 3. The number of para-hydroxylation sites is 2. The molecule has 2 atom stereocenters. The molecule has 1 amide bonds. The molecule has 2 aromatic heterocycles. The molecule has 5 heteroatoms. The summed E-state index contributed by atoms with van der Waals surface area (Å²) in [6.07, 6.45) is 5.09. The molecule has 2 heterocycles. The quantitative estimate of drug-likeness (QED) is 0.752. The van der Waals surface area contributed by atoms with E-state index in [4.69, 9.17) is 9.97 Å². The molecule has 0 saturated heterocycles. The van der Waals surface area contributed by atoms with Crippen molar-refractivity contribution in [3.8, 4) is 0 Å². The summed E-state index contributed by atoms with van der Waals surface area (Å²) in [5.41, 5.74) is 3.21. The molecule has 1 fully saturated rings. The molecule has 1 N–H and O–H groups in total. The summed E-state index contributed by atoms with van der Waals surface area (Å²) >= 11 is 0. The van der Waals surface area contributed by atoms with E-state index in [9.17, 15) is 4.79 Å². The fourth-order valence-electron chi connectivity index (χ4n) is 5.22. The Kier molecular flexibility index (Phi) is 3.10. The minimum Gasteiger partial charge on any atom is -0.325 e. The number of carbonyl (C=O) groups excluding carboxylic acids is 1. The van der Waals surface area contributed by atoms with Gasteiger partial charge in [0.2, 0.25) is 5.91 Å². The highest BCUT2D eigenvalue weighted by molar-refractivity contribution is 6.01. The van der Waals surface area contributed by atoms with Gasteiger partial charge in [-0.25, -0.2) is 9.97 Å². The Labute approximate surface area is 158 Å². The molecule has 2 bridgehead atoms. The fourth-order valence-corrected chi connectivity index (χ4v) is 5.22. The highest BCUT2D eigenvalue weighted by Crippen LogP contribution is 2.70. The lowest BCUT2D eigenvalue weighted by atomic mass is 9.63. The van der Waals surface area contributed by atoms with Crippen molar-refractivity contribution < 1.29 is 4.79 Å². The number of anilines is 1. The lowest BCUT2D eigenvalue weighted by Crippen LogP contribution is -2.48. The Hall–Kier alpha value is -2.82. The van der Waals surface area contributed by atoms with Gasteiger partial charge >= 0.3 is 0 Å². The summed E-state index contributed by atoms with van der Waals surface area (Å²) < 4.78 is 0. The Balaban J connectivity index is 1.72. The van der Waals surface area contributed by atoms with Gasteiger partial charge in [0.1, 0.15) is 0 Å². The first-order valence-electron chi connectivity index (χ1n) is 9.39. The number of nitrogens with one attached hydrogen (secondary N) is 1. The van der Waals surface area contributed by atoms with E-state index in [0.717, 1.165) is 41.0 Å². The van der Waals surface area contributed by atoms with Crippen LogP contribution in [0.2, 0.25) is 0 Å². The number of carbonyl (C=O) groups is 1. The first-order valence-corrected chi connectivity index (χ1v) is 9.39. The maximum absolute atomic E-state index is 13.7. The number of nitrogens with zero attached hydrogens (tertiary/aromatic N) is 3. The number of fused-ring (bicyclic) bond motifs is 6. The molecular formula is C22H22N4O. The van der Waals surface area contributed by atoms with Crippen molar-refractivity contribution in [2.24, 2.45) is 5.41 Å². The molecule has 0 radical (unpaired) electrons. The van der Waals surface area contributed by atoms with E-state index in [-0.39, 0.29) is 16.7 Å². The lowest BCUT2D eigenvalue weighted by Gasteiger charge is -2.39. The third-order valence-electron chi connectivity index (χ3n) is 7.27. The summed E-state index contributed by atoms with van der Waals surface area (Å²) in [5.74, 6) is 0.00533. The third-order valence-corrected chi connectivity index (χ3v) is 7.27. The van der Waals surface area contributed by atoms with Crippen LogP contribution in [0.15, 0.2) is 48.8 Å². The zero-order valence-corrected chi connectivity index (χ0v) is 15.8. The molecule has 27 heavy (non-hydrogen) atoms. The highest BCUT2D eigenvalue weighted by Gasteiger charge is 2.73. The zero-order valence-electron chi connectivity index (χ0n) is 15.8. The maximum atomic E-state index is 13.7. The van der Waals surface area contributed by atoms with Gasteiger partial charge < -0.3 is 5.32 Å². The van der Waals surface area contributed by atoms with Crippen molar-refractivity contribution in [2.45, 2.75) is 44.4 Å². The molecule has 5 rings (SSSR count). The van der Waals surface area contributed by atoms with Crippen LogP contribution in [-0.2, 0) is 15.6 Å². The first kappa shape index (κ1) is 16.4. The van der Waals surface area contributed by atoms with Gasteiger partial charge in [0, 0.05) is 23.5 Å². The van der Waals surface area contributed by atoms with E-state index in [1.54, 1.807) is 12.4 Å². The highest BCUT2D eigenvalue weighted by atomic mass is 16.2. The van der Waals surface area contributed by atoms with Gasteiger partial charge in [-0.3, -0.25) is 9.78 Å². The van der Waals surface area contributed by atoms with Gasteiger partial charge in [0.05, 0.1) is 27.8 Å². The zero-order chi connectivity index (χ0) is 18.9. The van der Waals surface area contributed by atoms with Crippen LogP contribution in [0.1, 0.15) is 45.0 Å². The third kappa shape index (κ3) is 1.84. The monoisotopic (exact) mass is 358 g/mol. The van der Waals surface area contributed by atoms with Crippen molar-refractivity contribution in [3.63, 3.8) is 0 Å². The van der Waals surface area contributed by atoms with Crippen LogP contribution in [0.5, 0.6) is 0 Å². The molecule has 3 aromatic rings. The average Bonchev–Trinajstić information content (AvgIpc) is 2.97. The van der Waals surface area contributed by atoms with E-state index in [1.165, 1.54) is 0 Å². The first-order chi connectivity index (χ1) is 12.9. The summed E-state index contributed by atoms with van der Waals surface area (Å²) in [7, 11) is 0. The summed E-state index contributed by atoms with van der Waals surface area (Å²) in [6.45, 7) is 6.63. The normalized spacial score (nSPS) is 27.5. The van der Waals surface area contributed by atoms with Crippen molar-refractivity contribution in [1.82, 2.24) is 15.0 Å². The Morgan fingerprint density at radius 1 is 0.926 bits per heavy atom. The predicted molar refractivity (Wildman–Crippen MR) is 104 cm³/mol. The van der Waals surface area contributed by atoms with E-state index >= 15 is 0 Å². The number of hydrogen-bond donors (Lipinski definition) is 1. The van der Waals surface area contributed by atoms with Crippen molar-refractivity contribution in [2.75, 3.05) is 5.32 Å². The van der Waals surface area contributed by atoms with Crippen LogP contribution in [0, 0.1) is 5.41 Å². The number of amides is 1. The molecule has 1 saturated carbocycles. The van der Waals surface area contributed by atoms with Gasteiger partial charge in [0.25, 0.3) is 0 Å². The van der Waals surface area contributed by atoms with Gasteiger partial charge in [-0.2, -0.15) is 0 Å². The smallest absolute Gasteiger partial charge is 0.237 e. The molecule has 0 unspecified atom stereocenters. The molecule has 0 aliphatic heterocycles. The van der Waals surface area contributed by atoms with Crippen LogP contribution in [0.4, 0.5) is 5.69 Å². The van der Waals surface area contributed by atoms with E-state index in [0.29, 0.717) is 0 Å². The Morgan fingerprint density at radius 2 is 1.56 bits per heavy atom. The van der Waals surface area contributed by atoms with Gasteiger partial charge in [0.15, 0.2) is 0 Å². The topological polar surface area (TPSA) is 67.8 Å². The number of rotatable bonds is 2. The van der Waals surface area contributed by atoms with Crippen LogP contribution in [0.25, 0.3) is 11.0 Å². The Bertz CT molecular complexity index is 1080. The summed E-state index contributed by atoms with van der Waals surface area (Å²) in [6, 6.07) is 11.5. The molecular weight excluding hydrogens is 336 g/mol. The van der Waals surface area contributed by atoms with Crippen LogP contribution < -0.4 is 5.32 Å². The summed E-state index contributed by atoms with van der Waals surface area (Å²) in [4.78, 5) is 27.6. The summed E-state index contributed by atoms with van der Waals surface area (Å²) in [5, 5.41) is 3.12. The van der Waals surface area contributed by atoms with E-state index in [2.05, 4.69) is 31.1 Å². The second-order valence-electron chi connectivity index (χ2n) is 8.46. The number of benzene rings is 1. The van der Waals surface area contributed by atoms with Gasteiger partial charge in [-0.05, 0) is 42.5 Å². The fraction of sp³-hybridized carbons (Fsp3) is 0.364. The van der Waals surface area contributed by atoms with Crippen LogP contribution in [0.3, 0.4) is 0 Å². The van der Waals surface area contributed by atoms with Crippen molar-refractivity contribution in [3.05, 3.63) is 60.2 Å². The second-order valence-corrected chi connectivity index (χ2v) is 8.46. The minimum atomic E-state index is -0.683. The SMILES string of the molecule is CC1(C)[C@]2(C)CC[C@@]1(C(=O)Nc1ccncc1)c1nc3ccccc3nc12. The van der Waals surface area contributed by atoms with Gasteiger partial charge in [-0.1, -0.05) is 32.9 Å². The van der Waals surface area contributed by atoms with Crippen molar-refractivity contribution in [1.29, 1.82) is 0 Å².